The van der Waals surface area contributed by atoms with E-state index in [-0.39, 0.29) is 43.7 Å². The predicted molar refractivity (Wildman–Crippen MR) is 287 cm³/mol. The lowest BCUT2D eigenvalue weighted by Crippen LogP contribution is -2.63. The van der Waals surface area contributed by atoms with Gasteiger partial charge in [-0.25, -0.2) is 4.79 Å². The molecule has 1 fully saturated rings. The number of phenolic OH excluding ortho intramolecular Hbond substituents is 1. The van der Waals surface area contributed by atoms with Crippen molar-refractivity contribution < 1.29 is 58.5 Å². The number of carboxylic acid groups (broad SMARTS) is 2. The fourth-order valence-corrected chi connectivity index (χ4v) is 11.1. The number of para-hydroxylation sites is 1. The summed E-state index contributed by atoms with van der Waals surface area (Å²) < 4.78 is -1.42. The topological polar surface area (TPSA) is 366 Å². The first-order chi connectivity index (χ1) is 36.1. The third kappa shape index (κ3) is 17.5. The van der Waals surface area contributed by atoms with E-state index in [0.29, 0.717) is 29.5 Å². The lowest BCUT2D eigenvalue weighted by molar-refractivity contribution is -0.143. The first-order valence-electron chi connectivity index (χ1n) is 24.8. The van der Waals surface area contributed by atoms with E-state index in [1.807, 2.05) is 18.2 Å². The van der Waals surface area contributed by atoms with Crippen molar-refractivity contribution >= 4 is 85.8 Å². The molecule has 8 atom stereocenters. The number of carboxylic acids is 2. The van der Waals surface area contributed by atoms with Crippen LogP contribution in [0.1, 0.15) is 70.1 Å². The zero-order valence-corrected chi connectivity index (χ0v) is 44.3. The highest BCUT2D eigenvalue weighted by molar-refractivity contribution is 8.77. The minimum Gasteiger partial charge on any atom is -0.508 e. The Morgan fingerprint density at radius 2 is 1.28 bits per heavy atom. The predicted octanol–water partition coefficient (Wildman–Crippen LogP) is 1.14. The molecule has 0 unspecified atom stereocenters. The summed E-state index contributed by atoms with van der Waals surface area (Å²) in [4.78, 5) is 129. The van der Waals surface area contributed by atoms with Gasteiger partial charge in [0, 0.05) is 46.9 Å². The second kappa shape index (κ2) is 28.1. The molecule has 0 bridgehead atoms. The summed E-state index contributed by atoms with van der Waals surface area (Å²) in [5.41, 5.74) is 14.2. The Labute approximate surface area is 447 Å². The molecule has 3 aromatic carbocycles. The number of phenols is 1. The number of nitrogens with two attached hydrogens (primary N) is 2. The molecule has 0 spiro atoms. The number of hydrogen-bond acceptors (Lipinski definition) is 14. The van der Waals surface area contributed by atoms with Crippen LogP contribution in [0.25, 0.3) is 10.9 Å². The van der Waals surface area contributed by atoms with Crippen LogP contribution in [-0.4, -0.2) is 139 Å². The number of carbonyl (C=O) groups is 9. The van der Waals surface area contributed by atoms with E-state index >= 15 is 0 Å². The smallest absolute Gasteiger partial charge is 0.326 e. The molecule has 24 heteroatoms. The molecule has 7 amide bonds. The highest BCUT2D eigenvalue weighted by Crippen LogP contribution is 2.39. The molecule has 5 rings (SSSR count). The number of fused-ring (bicyclic) bond motifs is 1. The number of aliphatic carboxylic acids is 2. The number of aromatic hydroxyl groups is 1. The Balaban J connectivity index is 1.66. The Morgan fingerprint density at radius 3 is 1.88 bits per heavy atom. The lowest BCUT2D eigenvalue weighted by Gasteiger charge is -2.35. The molecular formula is C52H68N10O12S2. The monoisotopic (exact) mass is 1090 g/mol. The van der Waals surface area contributed by atoms with Crippen LogP contribution in [-0.2, 0) is 62.4 Å². The molecule has 0 aliphatic carbocycles. The number of carbonyl (C=O) groups excluding carboxylic acids is 7. The van der Waals surface area contributed by atoms with Crippen molar-refractivity contribution in [3.05, 3.63) is 102 Å². The number of unbranched alkanes of at least 4 members (excludes halogenated alkanes) is 1. The van der Waals surface area contributed by atoms with Gasteiger partial charge in [-0.05, 0) is 80.5 Å². The first-order valence-corrected chi connectivity index (χ1v) is 27.1. The number of amides is 7. The first kappa shape index (κ1) is 59.7. The van der Waals surface area contributed by atoms with Crippen molar-refractivity contribution in [1.29, 1.82) is 0 Å². The Morgan fingerprint density at radius 1 is 0.724 bits per heavy atom. The largest absolute Gasteiger partial charge is 0.508 e. The fraction of sp³-hybridized carbons (Fsp3) is 0.442. The molecule has 1 saturated heterocycles. The Bertz CT molecular complexity index is 2690. The van der Waals surface area contributed by atoms with E-state index in [0.717, 1.165) is 32.5 Å². The van der Waals surface area contributed by atoms with Gasteiger partial charge in [-0.1, -0.05) is 96.1 Å². The van der Waals surface area contributed by atoms with Crippen LogP contribution in [0.5, 0.6) is 5.75 Å². The maximum Gasteiger partial charge on any atom is 0.326 e. The minimum absolute atomic E-state index is 0.0203. The Hall–Kier alpha value is -7.15. The van der Waals surface area contributed by atoms with Gasteiger partial charge in [-0.15, -0.1) is 0 Å². The molecule has 410 valence electrons. The molecule has 4 aromatic rings. The quantitative estimate of drug-likeness (QED) is 0.0491. The van der Waals surface area contributed by atoms with Gasteiger partial charge >= 0.3 is 11.9 Å². The average Bonchev–Trinajstić information content (AvgIpc) is 3.78. The summed E-state index contributed by atoms with van der Waals surface area (Å²) in [5.74, 6) is -9.92. The van der Waals surface area contributed by atoms with E-state index in [9.17, 15) is 58.5 Å². The van der Waals surface area contributed by atoms with Crippen LogP contribution in [0, 0.1) is 5.92 Å². The van der Waals surface area contributed by atoms with Gasteiger partial charge in [0.25, 0.3) is 0 Å². The van der Waals surface area contributed by atoms with Gasteiger partial charge < -0.3 is 69.0 Å². The van der Waals surface area contributed by atoms with Gasteiger partial charge in [0.2, 0.25) is 41.4 Å². The minimum atomic E-state index is -1.62. The summed E-state index contributed by atoms with van der Waals surface area (Å²) in [5, 5.41) is 49.2. The third-order valence-corrected chi connectivity index (χ3v) is 15.9. The summed E-state index contributed by atoms with van der Waals surface area (Å²) in [6.07, 6.45) is 1.23. The highest BCUT2D eigenvalue weighted by atomic mass is 33.1. The Kier molecular flexibility index (Phi) is 22.1. The molecule has 76 heavy (non-hydrogen) atoms. The van der Waals surface area contributed by atoms with Crippen molar-refractivity contribution in [3.63, 3.8) is 0 Å². The van der Waals surface area contributed by atoms with Gasteiger partial charge in [-0.3, -0.25) is 38.4 Å². The van der Waals surface area contributed by atoms with Crippen LogP contribution in [0.3, 0.4) is 0 Å². The van der Waals surface area contributed by atoms with Crippen molar-refractivity contribution in [2.75, 3.05) is 12.3 Å². The van der Waals surface area contributed by atoms with Crippen molar-refractivity contribution in [2.24, 2.45) is 17.4 Å². The summed E-state index contributed by atoms with van der Waals surface area (Å²) in [6.45, 7) is 6.50. The van der Waals surface area contributed by atoms with Crippen LogP contribution >= 0.6 is 21.6 Å². The third-order valence-electron chi connectivity index (χ3n) is 12.6. The van der Waals surface area contributed by atoms with E-state index in [2.05, 4.69) is 42.2 Å². The molecule has 1 aliphatic rings. The zero-order chi connectivity index (χ0) is 55.7. The number of rotatable bonds is 18. The van der Waals surface area contributed by atoms with Crippen LogP contribution in [0.4, 0.5) is 0 Å². The number of nitrogens with one attached hydrogen (secondary N) is 8. The van der Waals surface area contributed by atoms with Gasteiger partial charge in [0.1, 0.15) is 48.0 Å². The lowest BCUT2D eigenvalue weighted by atomic mass is 9.98. The average molecular weight is 1090 g/mol. The molecule has 22 nitrogen and oxygen atoms in total. The van der Waals surface area contributed by atoms with Crippen LogP contribution in [0.15, 0.2) is 85.1 Å². The van der Waals surface area contributed by atoms with E-state index in [4.69, 9.17) is 11.5 Å². The van der Waals surface area contributed by atoms with E-state index in [1.165, 1.54) is 24.3 Å². The number of benzene rings is 3. The fourth-order valence-electron chi connectivity index (χ4n) is 8.31. The van der Waals surface area contributed by atoms with Crippen LogP contribution < -0.4 is 48.7 Å². The van der Waals surface area contributed by atoms with Crippen molar-refractivity contribution in [2.45, 2.75) is 126 Å². The molecular weight excluding hydrogens is 1020 g/mol. The zero-order valence-electron chi connectivity index (χ0n) is 42.6. The second-order valence-electron chi connectivity index (χ2n) is 19.4. The molecule has 1 aromatic heterocycles. The highest BCUT2D eigenvalue weighted by Gasteiger charge is 2.42. The van der Waals surface area contributed by atoms with Gasteiger partial charge in [0.05, 0.1) is 12.5 Å². The van der Waals surface area contributed by atoms with Gasteiger partial charge in [0.15, 0.2) is 0 Å². The van der Waals surface area contributed by atoms with Crippen LogP contribution in [0.2, 0.25) is 0 Å². The molecule has 0 saturated carbocycles. The molecule has 0 radical (unpaired) electrons. The second-order valence-corrected chi connectivity index (χ2v) is 22.4. The SMILES string of the molecule is CC(C)[C@H](NC(=O)[C@@H]1CSSC(C)(C)[C@@H](NC(=O)[C@@H](N)CC(=O)O)C(=O)N[C@@H](Cc2ccccc2)C(=O)N[C@@H](Cc2c[nH]c3ccccc23)C(=O)N[C@@H](CCCCN)C(=O)N[C@@H](Cc2ccc(O)cc2)C(=O)N1)C(=O)O. The maximum atomic E-state index is 14.9. The van der Waals surface area contributed by atoms with E-state index < -0.39 is 119 Å². The number of H-pyrrole nitrogens is 1. The number of aromatic nitrogens is 1. The van der Waals surface area contributed by atoms with Crippen molar-refractivity contribution in [3.8, 4) is 5.75 Å². The summed E-state index contributed by atoms with van der Waals surface area (Å²) >= 11 is 0. The number of aromatic amines is 1. The standard InChI is InChI=1S/C52H68N10O12S2/c1-28(2)42(51(73)74)61-49(71)40-27-75-76-52(3,4)43(62-44(66)34(54)25-41(64)65)50(72)59-38(22-29-12-6-5-7-13-29)46(68)58-39(24-31-26-55-35-15-9-8-14-33(31)35)48(70)56-36(16-10-11-21-53)45(67)57-37(47(69)60-40)23-30-17-19-32(63)20-18-30/h5-9,12-15,17-20,26,28,34,36-40,42-43,55,63H,10-11,16,21-25,27,53-54H2,1-4H3,(H,56,70)(H,57,67)(H,58,68)(H,59,72)(H,60,69)(H,61,71)(H,62,66)(H,64,65)(H,73,74)/t34-,36-,37-,38-,39-,40-,42-,43-/m0/s1. The maximum absolute atomic E-state index is 14.9. The van der Waals surface area contributed by atoms with E-state index in [1.54, 1.807) is 70.3 Å². The normalized spacial score (nSPS) is 21.9. The van der Waals surface area contributed by atoms with Gasteiger partial charge in [-0.2, -0.15) is 0 Å². The summed E-state index contributed by atoms with van der Waals surface area (Å²) in [7, 11) is 1.92. The molecule has 2 heterocycles. The summed E-state index contributed by atoms with van der Waals surface area (Å²) in [6, 6.07) is 9.96. The van der Waals surface area contributed by atoms with Crippen molar-refractivity contribution in [1.82, 2.24) is 42.2 Å². The molecule has 15 N–H and O–H groups in total. The number of hydrogen-bond donors (Lipinski definition) is 13. The molecule has 1 aliphatic heterocycles.